The Labute approximate surface area is 126 Å². The van der Waals surface area contributed by atoms with Crippen LogP contribution in [-0.2, 0) is 0 Å². The van der Waals surface area contributed by atoms with Crippen molar-refractivity contribution in [2.45, 2.75) is 84.0 Å². The minimum absolute atomic E-state index is 0.329. The number of unbranched alkanes of at least 4 members (excludes halogenated alkanes) is 8. The molecule has 0 amide bonds. The molecule has 0 unspecified atom stereocenters. The molecule has 0 saturated carbocycles. The Bertz CT molecular complexity index is 263. The van der Waals surface area contributed by atoms with Crippen molar-refractivity contribution in [2.24, 2.45) is 0 Å². The fourth-order valence-corrected chi connectivity index (χ4v) is 2.14. The summed E-state index contributed by atoms with van der Waals surface area (Å²) in [5.41, 5.74) is 0. The lowest BCUT2D eigenvalue weighted by molar-refractivity contribution is 0.383. The van der Waals surface area contributed by atoms with Crippen LogP contribution in [0.2, 0.25) is 0 Å². The number of aliphatic hydroxyl groups excluding tert-OH is 1. The zero-order valence-electron chi connectivity index (χ0n) is 13.4. The zero-order chi connectivity index (χ0) is 14.9. The molecule has 0 bridgehead atoms. The van der Waals surface area contributed by atoms with Crippen molar-refractivity contribution in [2.75, 3.05) is 0 Å². The maximum atomic E-state index is 8.95. The van der Waals surface area contributed by atoms with Crippen LogP contribution < -0.4 is 0 Å². The third kappa shape index (κ3) is 17.0. The maximum absolute atomic E-state index is 8.95. The molecule has 0 fully saturated rings. The maximum Gasteiger partial charge on any atom is 0.0851 e. The smallest absolute Gasteiger partial charge is 0.0851 e. The molecule has 0 aliphatic heterocycles. The molecule has 0 aromatic rings. The van der Waals surface area contributed by atoms with E-state index < -0.39 is 0 Å². The van der Waals surface area contributed by atoms with Crippen LogP contribution in [0.25, 0.3) is 0 Å². The van der Waals surface area contributed by atoms with Crippen LogP contribution in [0.5, 0.6) is 0 Å². The van der Waals surface area contributed by atoms with Gasteiger partial charge in [0.1, 0.15) is 0 Å². The summed E-state index contributed by atoms with van der Waals surface area (Å²) >= 11 is 0. The molecule has 0 saturated heterocycles. The van der Waals surface area contributed by atoms with E-state index in [1.54, 1.807) is 0 Å². The van der Waals surface area contributed by atoms with Crippen LogP contribution in [0.1, 0.15) is 84.0 Å². The van der Waals surface area contributed by atoms with Gasteiger partial charge in [0, 0.05) is 6.42 Å². The van der Waals surface area contributed by atoms with E-state index in [4.69, 9.17) is 5.11 Å². The second kappa shape index (κ2) is 16.1. The van der Waals surface area contributed by atoms with Crippen LogP contribution in [-0.4, -0.2) is 5.11 Å². The van der Waals surface area contributed by atoms with E-state index in [-0.39, 0.29) is 0 Å². The van der Waals surface area contributed by atoms with Crippen LogP contribution in [0.15, 0.2) is 36.6 Å². The number of allylic oxidation sites excluding steroid dienone is 5. The van der Waals surface area contributed by atoms with Gasteiger partial charge in [-0.2, -0.15) is 0 Å². The van der Waals surface area contributed by atoms with Crippen molar-refractivity contribution in [3.05, 3.63) is 36.6 Å². The lowest BCUT2D eigenvalue weighted by Crippen LogP contribution is -1.81. The topological polar surface area (TPSA) is 20.2 Å². The van der Waals surface area contributed by atoms with E-state index in [2.05, 4.69) is 37.8 Å². The average Bonchev–Trinajstić information content (AvgIpc) is 2.43. The molecular weight excluding hydrogens is 244 g/mol. The summed E-state index contributed by atoms with van der Waals surface area (Å²) < 4.78 is 0. The van der Waals surface area contributed by atoms with Crippen molar-refractivity contribution in [3.63, 3.8) is 0 Å². The lowest BCUT2D eigenvalue weighted by Gasteiger charge is -1.99. The quantitative estimate of drug-likeness (QED) is 0.209. The minimum Gasteiger partial charge on any atom is -0.513 e. The summed E-state index contributed by atoms with van der Waals surface area (Å²) in [6.45, 7) is 5.75. The van der Waals surface area contributed by atoms with E-state index in [0.717, 1.165) is 19.3 Å². The Morgan fingerprint density at radius 3 is 1.95 bits per heavy atom. The zero-order valence-corrected chi connectivity index (χ0v) is 13.4. The molecule has 116 valence electrons. The Kier molecular flexibility index (Phi) is 15.3. The predicted molar refractivity (Wildman–Crippen MR) is 91.1 cm³/mol. The molecule has 0 aromatic carbocycles. The summed E-state index contributed by atoms with van der Waals surface area (Å²) in [5, 5.41) is 8.95. The molecule has 1 nitrogen and oxygen atoms in total. The van der Waals surface area contributed by atoms with Crippen molar-refractivity contribution in [1.29, 1.82) is 0 Å². The second-order valence-corrected chi connectivity index (χ2v) is 5.55. The van der Waals surface area contributed by atoms with Gasteiger partial charge in [0.05, 0.1) is 5.76 Å². The summed E-state index contributed by atoms with van der Waals surface area (Å²) in [7, 11) is 0. The highest BCUT2D eigenvalue weighted by atomic mass is 16.3. The van der Waals surface area contributed by atoms with Gasteiger partial charge < -0.3 is 5.11 Å². The molecule has 1 heteroatoms. The average molecular weight is 278 g/mol. The monoisotopic (exact) mass is 278 g/mol. The van der Waals surface area contributed by atoms with Gasteiger partial charge in [0.25, 0.3) is 0 Å². The van der Waals surface area contributed by atoms with Gasteiger partial charge in [-0.15, -0.1) is 0 Å². The first-order valence-corrected chi connectivity index (χ1v) is 8.44. The highest BCUT2D eigenvalue weighted by Gasteiger charge is 1.91. The van der Waals surface area contributed by atoms with Crippen molar-refractivity contribution in [3.8, 4) is 0 Å². The van der Waals surface area contributed by atoms with E-state index >= 15 is 0 Å². The van der Waals surface area contributed by atoms with Gasteiger partial charge in [0.15, 0.2) is 0 Å². The molecule has 0 spiro atoms. The standard InChI is InChI=1S/C19H34O/c1-3-4-5-6-7-8-9-10-11-12-13-14-15-16-17-18-19(2)20/h7-8,10-11,20H,2-6,9,12-18H2,1H3/b8-7+,11-10+. The molecule has 20 heavy (non-hydrogen) atoms. The molecule has 0 heterocycles. The van der Waals surface area contributed by atoms with Crippen molar-refractivity contribution < 1.29 is 5.11 Å². The van der Waals surface area contributed by atoms with Gasteiger partial charge >= 0.3 is 0 Å². The molecule has 0 aromatic heterocycles. The summed E-state index contributed by atoms with van der Waals surface area (Å²) in [4.78, 5) is 0. The number of hydrogen-bond acceptors (Lipinski definition) is 1. The van der Waals surface area contributed by atoms with Gasteiger partial charge in [-0.3, -0.25) is 0 Å². The van der Waals surface area contributed by atoms with Crippen molar-refractivity contribution >= 4 is 0 Å². The number of rotatable bonds is 14. The van der Waals surface area contributed by atoms with E-state index in [0.29, 0.717) is 5.76 Å². The molecule has 0 radical (unpaired) electrons. The SMILES string of the molecule is C=C(O)CCCCCCC/C=C/C/C=C/CCCCC. The molecule has 0 atom stereocenters. The fourth-order valence-electron chi connectivity index (χ4n) is 2.14. The minimum atomic E-state index is 0.329. The Morgan fingerprint density at radius 2 is 1.35 bits per heavy atom. The molecular formula is C19H34O. The summed E-state index contributed by atoms with van der Waals surface area (Å²) in [5.74, 6) is 0.329. The molecule has 0 rings (SSSR count). The molecule has 1 N–H and O–H groups in total. The third-order valence-electron chi connectivity index (χ3n) is 3.42. The first-order chi connectivity index (χ1) is 9.77. The Morgan fingerprint density at radius 1 is 0.800 bits per heavy atom. The molecule has 0 aliphatic carbocycles. The Balaban J connectivity index is 3.17. The van der Waals surface area contributed by atoms with Crippen molar-refractivity contribution in [1.82, 2.24) is 0 Å². The predicted octanol–water partition coefficient (Wildman–Crippen LogP) is 6.87. The lowest BCUT2D eigenvalue weighted by atomic mass is 10.1. The highest BCUT2D eigenvalue weighted by molar-refractivity contribution is 4.92. The van der Waals surface area contributed by atoms with Gasteiger partial charge in [-0.25, -0.2) is 0 Å². The number of hydrogen-bond donors (Lipinski definition) is 1. The van der Waals surface area contributed by atoms with Crippen LogP contribution >= 0.6 is 0 Å². The summed E-state index contributed by atoms with van der Waals surface area (Å²) in [6.07, 6.45) is 23.6. The van der Waals surface area contributed by atoms with Gasteiger partial charge in [-0.1, -0.05) is 69.9 Å². The summed E-state index contributed by atoms with van der Waals surface area (Å²) in [6, 6.07) is 0. The third-order valence-corrected chi connectivity index (χ3v) is 3.42. The van der Waals surface area contributed by atoms with Crippen LogP contribution in [0.4, 0.5) is 0 Å². The van der Waals surface area contributed by atoms with Gasteiger partial charge in [-0.05, 0) is 38.5 Å². The number of aliphatic hydroxyl groups is 1. The normalized spacial score (nSPS) is 11.7. The first-order valence-electron chi connectivity index (χ1n) is 8.44. The van der Waals surface area contributed by atoms with E-state index in [1.165, 1.54) is 57.8 Å². The van der Waals surface area contributed by atoms with Crippen LogP contribution in [0.3, 0.4) is 0 Å². The van der Waals surface area contributed by atoms with Gasteiger partial charge in [0.2, 0.25) is 0 Å². The molecule has 0 aliphatic rings. The van der Waals surface area contributed by atoms with Crippen LogP contribution in [0, 0.1) is 0 Å². The largest absolute Gasteiger partial charge is 0.513 e. The highest BCUT2D eigenvalue weighted by Crippen LogP contribution is 2.09. The van der Waals surface area contributed by atoms with E-state index in [9.17, 15) is 0 Å². The fraction of sp³-hybridized carbons (Fsp3) is 0.684. The first kappa shape index (κ1) is 19.0. The van der Waals surface area contributed by atoms with E-state index in [1.807, 2.05) is 0 Å². The second-order valence-electron chi connectivity index (χ2n) is 5.55. The Hall–Kier alpha value is -0.980.